The second kappa shape index (κ2) is 9.99. The van der Waals surface area contributed by atoms with E-state index in [-0.39, 0.29) is 5.91 Å². The molecule has 0 spiro atoms. The van der Waals surface area contributed by atoms with Crippen molar-refractivity contribution in [1.82, 2.24) is 34.5 Å². The molecule has 3 aromatic heterocycles. The first-order valence-electron chi connectivity index (χ1n) is 12.3. The molecule has 1 N–H and O–H groups in total. The molecule has 0 fully saturated rings. The predicted octanol–water partition coefficient (Wildman–Crippen LogP) is 4.93. The van der Waals surface area contributed by atoms with E-state index < -0.39 is 0 Å². The zero-order chi connectivity index (χ0) is 25.2. The van der Waals surface area contributed by atoms with Gasteiger partial charge in [-0.05, 0) is 42.7 Å². The molecule has 0 unspecified atom stereocenters. The number of halogens is 1. The third-order valence-corrected chi connectivity index (χ3v) is 6.63. The summed E-state index contributed by atoms with van der Waals surface area (Å²) in [6, 6.07) is 25.6. The lowest BCUT2D eigenvalue weighted by Gasteiger charge is -2.07. The molecule has 3 heterocycles. The lowest BCUT2D eigenvalue weighted by atomic mass is 10.1. The highest BCUT2D eigenvalue weighted by Gasteiger charge is 2.18. The van der Waals surface area contributed by atoms with E-state index in [4.69, 9.17) is 21.7 Å². The topological polar surface area (TPSA) is 89.5 Å². The van der Waals surface area contributed by atoms with Crippen LogP contribution in [0.25, 0.3) is 33.7 Å². The molecule has 6 aromatic rings. The number of hydrogen-bond donors (Lipinski definition) is 1. The Balaban J connectivity index is 1.20. The number of nitrogens with one attached hydrogen (secondary N) is 1. The van der Waals surface area contributed by atoms with Crippen molar-refractivity contribution in [2.75, 3.05) is 6.54 Å². The number of amides is 1. The fourth-order valence-electron chi connectivity index (χ4n) is 4.54. The number of aryl methyl sites for hydroxylation is 1. The quantitative estimate of drug-likeness (QED) is 0.314. The number of aromatic nitrogens is 6. The Hall–Kier alpha value is -4.30. The number of nitrogens with zero attached hydrogens (tertiary/aromatic N) is 6. The maximum Gasteiger partial charge on any atom is 0.258 e. The van der Waals surface area contributed by atoms with E-state index in [1.807, 2.05) is 83.3 Å². The van der Waals surface area contributed by atoms with Crippen molar-refractivity contribution in [2.45, 2.75) is 25.7 Å². The van der Waals surface area contributed by atoms with Crippen LogP contribution < -0.4 is 5.32 Å². The van der Waals surface area contributed by atoms with E-state index in [9.17, 15) is 4.79 Å². The zero-order valence-electron chi connectivity index (χ0n) is 20.0. The first-order chi connectivity index (χ1) is 18.2. The Morgan fingerprint density at radius 1 is 0.892 bits per heavy atom. The maximum atomic E-state index is 12.4. The summed E-state index contributed by atoms with van der Waals surface area (Å²) in [7, 11) is 0. The fourth-order valence-corrected chi connectivity index (χ4v) is 4.66. The van der Waals surface area contributed by atoms with Crippen LogP contribution in [-0.2, 0) is 17.6 Å². The highest BCUT2D eigenvalue weighted by Crippen LogP contribution is 2.25. The van der Waals surface area contributed by atoms with Gasteiger partial charge in [-0.2, -0.15) is 4.52 Å². The van der Waals surface area contributed by atoms with Gasteiger partial charge in [0.1, 0.15) is 5.82 Å². The van der Waals surface area contributed by atoms with Crippen molar-refractivity contribution in [3.05, 3.63) is 95.3 Å². The van der Waals surface area contributed by atoms with Crippen molar-refractivity contribution < 1.29 is 4.79 Å². The minimum atomic E-state index is 0.0267. The summed E-state index contributed by atoms with van der Waals surface area (Å²) >= 11 is 5.93. The fraction of sp³-hybridized carbons (Fsp3) is 0.179. The standard InChI is InChI=1S/C28H24ClN7O/c29-21-15-13-19(14-16-21)17-18-30-25(37)12-6-11-24-32-33-28-35(24)23-10-5-4-9-22(23)27-31-26(34-36(27)28)20-7-2-1-3-8-20/h1-5,7-10,13-16H,6,11-12,17-18H2,(H,30,37). The number of hydrogen-bond acceptors (Lipinski definition) is 5. The summed E-state index contributed by atoms with van der Waals surface area (Å²) < 4.78 is 3.77. The highest BCUT2D eigenvalue weighted by atomic mass is 35.5. The van der Waals surface area contributed by atoms with Crippen LogP contribution in [0.4, 0.5) is 0 Å². The normalized spacial score (nSPS) is 11.5. The summed E-state index contributed by atoms with van der Waals surface area (Å²) in [4.78, 5) is 17.2. The lowest BCUT2D eigenvalue weighted by molar-refractivity contribution is -0.121. The number of carbonyl (C=O) groups excluding carboxylic acids is 1. The largest absolute Gasteiger partial charge is 0.356 e. The summed E-state index contributed by atoms with van der Waals surface area (Å²) in [6.07, 6.45) is 2.45. The Morgan fingerprint density at radius 2 is 1.68 bits per heavy atom. The van der Waals surface area contributed by atoms with Gasteiger partial charge in [-0.25, -0.2) is 4.98 Å². The van der Waals surface area contributed by atoms with Crippen molar-refractivity contribution in [1.29, 1.82) is 0 Å². The van der Waals surface area contributed by atoms with Crippen LogP contribution in [0, 0.1) is 0 Å². The molecule has 184 valence electrons. The van der Waals surface area contributed by atoms with Gasteiger partial charge < -0.3 is 5.32 Å². The average Bonchev–Trinajstić information content (AvgIpc) is 3.56. The molecule has 0 radical (unpaired) electrons. The molecule has 0 aliphatic rings. The summed E-state index contributed by atoms with van der Waals surface area (Å²) in [6.45, 7) is 0.590. The molecule has 3 aromatic carbocycles. The van der Waals surface area contributed by atoms with Crippen LogP contribution in [0.5, 0.6) is 0 Å². The Labute approximate surface area is 217 Å². The first kappa shape index (κ1) is 23.1. The van der Waals surface area contributed by atoms with E-state index in [1.54, 1.807) is 4.52 Å². The first-order valence-corrected chi connectivity index (χ1v) is 12.6. The van der Waals surface area contributed by atoms with E-state index in [0.717, 1.165) is 39.9 Å². The molecule has 0 bridgehead atoms. The maximum absolute atomic E-state index is 12.4. The Kier molecular flexibility index (Phi) is 6.24. The Morgan fingerprint density at radius 3 is 2.51 bits per heavy atom. The molecular weight excluding hydrogens is 486 g/mol. The van der Waals surface area contributed by atoms with Gasteiger partial charge in [0.25, 0.3) is 5.78 Å². The number of rotatable bonds is 8. The van der Waals surface area contributed by atoms with Gasteiger partial charge >= 0.3 is 0 Å². The average molecular weight is 510 g/mol. The van der Waals surface area contributed by atoms with Gasteiger partial charge in [0.2, 0.25) is 5.91 Å². The molecule has 6 rings (SSSR count). The molecule has 0 saturated carbocycles. The lowest BCUT2D eigenvalue weighted by Crippen LogP contribution is -2.25. The van der Waals surface area contributed by atoms with Crippen molar-refractivity contribution >= 4 is 39.8 Å². The molecule has 37 heavy (non-hydrogen) atoms. The van der Waals surface area contributed by atoms with Crippen molar-refractivity contribution in [2.24, 2.45) is 0 Å². The van der Waals surface area contributed by atoms with Crippen LogP contribution in [0.1, 0.15) is 24.2 Å². The van der Waals surface area contributed by atoms with Gasteiger partial charge in [0, 0.05) is 35.4 Å². The molecule has 8 nitrogen and oxygen atoms in total. The third-order valence-electron chi connectivity index (χ3n) is 6.38. The molecule has 9 heteroatoms. The minimum Gasteiger partial charge on any atom is -0.356 e. The molecular formula is C28H24ClN7O. The second-order valence-electron chi connectivity index (χ2n) is 8.89. The number of fused-ring (bicyclic) bond motifs is 6. The van der Waals surface area contributed by atoms with Crippen molar-refractivity contribution in [3.63, 3.8) is 0 Å². The van der Waals surface area contributed by atoms with Gasteiger partial charge in [-0.15, -0.1) is 15.3 Å². The molecule has 0 saturated heterocycles. The SMILES string of the molecule is O=C(CCCc1nnc2n3nc(-c4ccccc4)nc3c3ccccc3n12)NCCc1ccc(Cl)cc1. The Bertz CT molecular complexity index is 1710. The van der Waals surface area contributed by atoms with E-state index >= 15 is 0 Å². The number of benzene rings is 3. The third kappa shape index (κ3) is 4.63. The molecule has 0 aliphatic carbocycles. The van der Waals surface area contributed by atoms with Gasteiger partial charge in [0.05, 0.1) is 5.52 Å². The van der Waals surface area contributed by atoms with Gasteiger partial charge in [0.15, 0.2) is 11.5 Å². The number of para-hydroxylation sites is 1. The van der Waals surface area contributed by atoms with E-state index in [1.165, 1.54) is 0 Å². The second-order valence-corrected chi connectivity index (χ2v) is 9.32. The minimum absolute atomic E-state index is 0.0267. The molecule has 0 aliphatic heterocycles. The van der Waals surface area contributed by atoms with Crippen LogP contribution in [0.2, 0.25) is 5.02 Å². The number of carbonyl (C=O) groups is 1. The van der Waals surface area contributed by atoms with Gasteiger partial charge in [-0.3, -0.25) is 9.20 Å². The summed E-state index contributed by atoms with van der Waals surface area (Å²) in [5, 5.41) is 18.3. The summed E-state index contributed by atoms with van der Waals surface area (Å²) in [5.74, 6) is 2.06. The monoisotopic (exact) mass is 509 g/mol. The molecule has 0 atom stereocenters. The van der Waals surface area contributed by atoms with E-state index in [2.05, 4.69) is 15.5 Å². The van der Waals surface area contributed by atoms with Crippen LogP contribution in [0.15, 0.2) is 78.9 Å². The molecule has 1 amide bonds. The predicted molar refractivity (Wildman–Crippen MR) is 144 cm³/mol. The van der Waals surface area contributed by atoms with Crippen LogP contribution in [-0.4, -0.2) is 41.6 Å². The van der Waals surface area contributed by atoms with Crippen molar-refractivity contribution in [3.8, 4) is 11.4 Å². The van der Waals surface area contributed by atoms with Crippen LogP contribution in [0.3, 0.4) is 0 Å². The smallest absolute Gasteiger partial charge is 0.258 e. The van der Waals surface area contributed by atoms with Gasteiger partial charge in [-0.1, -0.05) is 66.2 Å². The highest BCUT2D eigenvalue weighted by molar-refractivity contribution is 6.30. The van der Waals surface area contributed by atoms with E-state index in [0.29, 0.717) is 42.4 Å². The zero-order valence-corrected chi connectivity index (χ0v) is 20.8. The van der Waals surface area contributed by atoms with Crippen LogP contribution >= 0.6 is 11.6 Å². The summed E-state index contributed by atoms with van der Waals surface area (Å²) in [5.41, 5.74) is 3.78.